The molecule has 0 saturated heterocycles. The summed E-state index contributed by atoms with van der Waals surface area (Å²) < 4.78 is 29.5. The normalized spacial score (nSPS) is 18.8. The van der Waals surface area contributed by atoms with Gasteiger partial charge in [-0.15, -0.1) is 0 Å². The maximum atomic E-state index is 13.7. The Morgan fingerprint density at radius 3 is 2.50 bits per heavy atom. The van der Waals surface area contributed by atoms with Gasteiger partial charge < -0.3 is 0 Å². The Morgan fingerprint density at radius 2 is 1.82 bits per heavy atom. The molecule has 0 N–H and O–H groups in total. The van der Waals surface area contributed by atoms with Crippen LogP contribution in [0.5, 0.6) is 0 Å². The molecule has 28 heavy (non-hydrogen) atoms. The van der Waals surface area contributed by atoms with Gasteiger partial charge in [-0.25, -0.2) is 13.3 Å². The molecule has 0 amide bonds. The van der Waals surface area contributed by atoms with Gasteiger partial charge in [-0.1, -0.05) is 12.1 Å². The highest BCUT2D eigenvalue weighted by Gasteiger charge is 2.40. The first-order valence-corrected chi connectivity index (χ1v) is 9.92. The lowest BCUT2D eigenvalue weighted by Gasteiger charge is -2.13. The fourth-order valence-corrected chi connectivity index (χ4v) is 4.48. The van der Waals surface area contributed by atoms with Crippen molar-refractivity contribution in [2.24, 2.45) is 7.05 Å². The Labute approximate surface area is 165 Å². The third-order valence-corrected chi connectivity index (χ3v) is 6.39. The van der Waals surface area contributed by atoms with E-state index in [1.54, 1.807) is 0 Å². The fraction of sp³-hybridized carbons (Fsp3) is 0.417. The van der Waals surface area contributed by atoms with Gasteiger partial charge in [0.15, 0.2) is 5.52 Å². The number of alkyl halides is 2. The number of rotatable bonds is 2. The molecule has 4 heteroatoms. The van der Waals surface area contributed by atoms with Crippen LogP contribution in [0.4, 0.5) is 8.78 Å². The average molecular weight is 381 g/mol. The van der Waals surface area contributed by atoms with E-state index in [2.05, 4.69) is 44.4 Å². The molecule has 0 aliphatic heterocycles. The van der Waals surface area contributed by atoms with Crippen LogP contribution in [0.25, 0.3) is 22.3 Å². The van der Waals surface area contributed by atoms with Crippen molar-refractivity contribution in [1.29, 1.82) is 0 Å². The molecule has 1 unspecified atom stereocenters. The van der Waals surface area contributed by atoms with Crippen molar-refractivity contribution in [3.63, 3.8) is 0 Å². The van der Waals surface area contributed by atoms with E-state index in [1.807, 2.05) is 25.2 Å². The summed E-state index contributed by atoms with van der Waals surface area (Å²) in [5.41, 5.74) is 7.80. The maximum absolute atomic E-state index is 13.7. The average Bonchev–Trinajstić information content (AvgIpc) is 3.01. The van der Waals surface area contributed by atoms with Crippen LogP contribution in [-0.2, 0) is 7.05 Å². The minimum absolute atomic E-state index is 0.0150. The van der Waals surface area contributed by atoms with E-state index in [0.717, 1.165) is 33.5 Å². The van der Waals surface area contributed by atoms with E-state index in [1.165, 1.54) is 16.7 Å². The van der Waals surface area contributed by atoms with Gasteiger partial charge in [0.25, 0.3) is 0 Å². The Kier molecular flexibility index (Phi) is 4.48. The molecule has 146 valence electrons. The summed E-state index contributed by atoms with van der Waals surface area (Å²) in [5, 5.41) is 1.07. The zero-order chi connectivity index (χ0) is 20.2. The summed E-state index contributed by atoms with van der Waals surface area (Å²) in [6.07, 6.45) is 0.473. The van der Waals surface area contributed by atoms with Crippen LogP contribution in [0.3, 0.4) is 0 Å². The van der Waals surface area contributed by atoms with E-state index in [0.29, 0.717) is 6.42 Å². The number of aromatic nitrogens is 2. The van der Waals surface area contributed by atoms with Crippen molar-refractivity contribution in [2.45, 2.75) is 58.8 Å². The van der Waals surface area contributed by atoms with Crippen LogP contribution in [0, 0.1) is 27.7 Å². The van der Waals surface area contributed by atoms with Crippen molar-refractivity contribution in [1.82, 2.24) is 4.98 Å². The molecule has 1 atom stereocenters. The number of fused-ring (bicyclic) bond motifs is 1. The van der Waals surface area contributed by atoms with Crippen LogP contribution in [0.2, 0.25) is 0 Å². The van der Waals surface area contributed by atoms with E-state index >= 15 is 0 Å². The second kappa shape index (κ2) is 6.61. The fourth-order valence-electron chi connectivity index (χ4n) is 4.48. The lowest BCUT2D eigenvalue weighted by Crippen LogP contribution is -2.36. The molecule has 2 aromatic carbocycles. The molecule has 0 radical (unpaired) electrons. The zero-order valence-electron chi connectivity index (χ0n) is 17.2. The highest BCUT2D eigenvalue weighted by Crippen LogP contribution is 2.44. The van der Waals surface area contributed by atoms with Crippen molar-refractivity contribution in [3.05, 3.63) is 58.3 Å². The molecule has 1 aromatic heterocycles. The predicted octanol–water partition coefficient (Wildman–Crippen LogP) is 5.86. The molecule has 1 aliphatic carbocycles. The van der Waals surface area contributed by atoms with E-state index in [-0.39, 0.29) is 18.8 Å². The van der Waals surface area contributed by atoms with Crippen molar-refractivity contribution in [3.8, 4) is 11.4 Å². The van der Waals surface area contributed by atoms with E-state index < -0.39 is 5.92 Å². The van der Waals surface area contributed by atoms with Gasteiger partial charge in [0.2, 0.25) is 5.92 Å². The van der Waals surface area contributed by atoms with Gasteiger partial charge >= 0.3 is 5.82 Å². The van der Waals surface area contributed by atoms with Crippen molar-refractivity contribution >= 4 is 10.9 Å². The third-order valence-electron chi connectivity index (χ3n) is 6.39. The third kappa shape index (κ3) is 3.19. The van der Waals surface area contributed by atoms with Crippen LogP contribution in [0.1, 0.15) is 53.1 Å². The summed E-state index contributed by atoms with van der Waals surface area (Å²) in [6.45, 7) is 8.44. The molecule has 2 nitrogen and oxygen atoms in total. The number of nitrogens with zero attached hydrogens (tertiary/aromatic N) is 2. The minimum atomic E-state index is -2.53. The highest BCUT2D eigenvalue weighted by molar-refractivity contribution is 5.82. The van der Waals surface area contributed by atoms with E-state index in [4.69, 9.17) is 4.98 Å². The predicted molar refractivity (Wildman–Crippen MR) is 109 cm³/mol. The van der Waals surface area contributed by atoms with Crippen LogP contribution in [0.15, 0.2) is 30.3 Å². The summed E-state index contributed by atoms with van der Waals surface area (Å²) >= 11 is 0. The molecular weight excluding hydrogens is 354 g/mol. The van der Waals surface area contributed by atoms with Gasteiger partial charge in [0.05, 0.1) is 18.0 Å². The largest absolute Gasteiger partial charge is 0.331 e. The van der Waals surface area contributed by atoms with Gasteiger partial charge in [-0.2, -0.15) is 0 Å². The second-order valence-corrected chi connectivity index (χ2v) is 8.41. The molecule has 1 heterocycles. The number of hydrogen-bond donors (Lipinski definition) is 0. The zero-order valence-corrected chi connectivity index (χ0v) is 17.2. The number of halogens is 2. The van der Waals surface area contributed by atoms with Gasteiger partial charge in [-0.3, -0.25) is 0 Å². The standard InChI is InChI=1S/C24H27F2N2/c1-14-10-15(2)16(3)21(11-14)23-27-22-12-18(19-8-9-24(25,26)13-19)6-7-20(22)17(4)28(23)5/h6-7,10-12,19H,8-9,13H2,1-5H3/q+1. The first kappa shape index (κ1) is 19.0. The van der Waals surface area contributed by atoms with Crippen LogP contribution < -0.4 is 4.57 Å². The Balaban J connectivity index is 1.88. The molecule has 4 rings (SSSR count). The highest BCUT2D eigenvalue weighted by atomic mass is 19.3. The number of benzene rings is 2. The van der Waals surface area contributed by atoms with Gasteiger partial charge in [0, 0.05) is 12.8 Å². The number of aryl methyl sites for hydroxylation is 3. The molecule has 0 bridgehead atoms. The molecular formula is C24H27F2N2+. The summed E-state index contributed by atoms with van der Waals surface area (Å²) in [6, 6.07) is 10.4. The molecule has 0 spiro atoms. The first-order valence-electron chi connectivity index (χ1n) is 9.92. The van der Waals surface area contributed by atoms with Gasteiger partial charge in [0.1, 0.15) is 5.69 Å². The van der Waals surface area contributed by atoms with Crippen LogP contribution in [-0.4, -0.2) is 10.9 Å². The lowest BCUT2D eigenvalue weighted by atomic mass is 9.95. The summed E-state index contributed by atoms with van der Waals surface area (Å²) in [4.78, 5) is 4.99. The first-order chi connectivity index (χ1) is 13.2. The molecule has 1 saturated carbocycles. The quantitative estimate of drug-likeness (QED) is 0.508. The maximum Gasteiger partial charge on any atom is 0.331 e. The Bertz CT molecular complexity index is 1090. The second-order valence-electron chi connectivity index (χ2n) is 8.41. The van der Waals surface area contributed by atoms with Crippen molar-refractivity contribution in [2.75, 3.05) is 0 Å². The van der Waals surface area contributed by atoms with Crippen molar-refractivity contribution < 1.29 is 13.3 Å². The number of hydrogen-bond acceptors (Lipinski definition) is 1. The lowest BCUT2D eigenvalue weighted by molar-refractivity contribution is -0.667. The van der Waals surface area contributed by atoms with Gasteiger partial charge in [-0.05, 0) is 85.5 Å². The Morgan fingerprint density at radius 1 is 1.07 bits per heavy atom. The molecule has 1 aliphatic rings. The molecule has 3 aromatic rings. The summed E-state index contributed by atoms with van der Waals surface area (Å²) in [7, 11) is 2.04. The monoisotopic (exact) mass is 381 g/mol. The topological polar surface area (TPSA) is 16.8 Å². The molecule has 1 fully saturated rings. The van der Waals surface area contributed by atoms with E-state index in [9.17, 15) is 8.78 Å². The summed E-state index contributed by atoms with van der Waals surface area (Å²) in [5.74, 6) is -1.70. The Hall–Kier alpha value is -2.36. The van der Waals surface area contributed by atoms with Crippen LogP contribution >= 0.6 is 0 Å². The smallest absolute Gasteiger partial charge is 0.230 e. The SMILES string of the molecule is Cc1cc(C)c(C)c(-c2nc3cc(C4CCC(F)(F)C4)ccc3c(C)[n+]2C)c1. The minimum Gasteiger partial charge on any atom is -0.230 e.